The van der Waals surface area contributed by atoms with Gasteiger partial charge >= 0.3 is 12.1 Å². The summed E-state index contributed by atoms with van der Waals surface area (Å²) in [5.41, 5.74) is 0.452. The Kier molecular flexibility index (Phi) is 3.74. The summed E-state index contributed by atoms with van der Waals surface area (Å²) in [5.74, 6) is -0.861. The third-order valence-corrected chi connectivity index (χ3v) is 3.44. The van der Waals surface area contributed by atoms with E-state index in [0.717, 1.165) is 5.56 Å². The molecule has 5 nitrogen and oxygen atoms in total. The lowest BCUT2D eigenvalue weighted by molar-refractivity contribution is -0.137. The van der Waals surface area contributed by atoms with Gasteiger partial charge in [-0.2, -0.15) is 0 Å². The number of amides is 1. The highest BCUT2D eigenvalue weighted by Crippen LogP contribution is 2.30. The van der Waals surface area contributed by atoms with Gasteiger partial charge in [0.15, 0.2) is 0 Å². The van der Waals surface area contributed by atoms with Gasteiger partial charge in [-0.1, -0.05) is 30.3 Å². The Morgan fingerprint density at radius 1 is 1.42 bits per heavy atom. The number of carboxylic acid groups (broad SMARTS) is 1. The summed E-state index contributed by atoms with van der Waals surface area (Å²) in [6.45, 7) is 2.55. The van der Waals surface area contributed by atoms with Crippen LogP contribution in [0.1, 0.15) is 25.3 Å². The molecule has 0 aromatic heterocycles. The van der Waals surface area contributed by atoms with Gasteiger partial charge in [0.1, 0.15) is 6.61 Å². The fourth-order valence-electron chi connectivity index (χ4n) is 2.20. The lowest BCUT2D eigenvalue weighted by atomic mass is 9.95. The number of carbonyl (C=O) groups is 2. The third kappa shape index (κ3) is 3.05. The van der Waals surface area contributed by atoms with Crippen LogP contribution in [0.4, 0.5) is 4.79 Å². The molecule has 1 heterocycles. The number of hydrogen-bond donors (Lipinski definition) is 1. The molecule has 1 N–H and O–H groups in total. The van der Waals surface area contributed by atoms with Crippen molar-refractivity contribution < 1.29 is 19.4 Å². The van der Waals surface area contributed by atoms with Gasteiger partial charge in [-0.05, 0) is 18.9 Å². The van der Waals surface area contributed by atoms with Crippen LogP contribution in [0.25, 0.3) is 0 Å². The highest BCUT2D eigenvalue weighted by atomic mass is 16.6. The van der Waals surface area contributed by atoms with Gasteiger partial charge in [0.05, 0.1) is 5.54 Å². The van der Waals surface area contributed by atoms with Crippen molar-refractivity contribution in [3.63, 3.8) is 0 Å². The fraction of sp³-hybridized carbons (Fsp3) is 0.429. The first-order chi connectivity index (χ1) is 9.01. The molecule has 1 aromatic rings. The number of cyclic esters (lactones) is 1. The molecule has 1 fully saturated rings. The van der Waals surface area contributed by atoms with E-state index in [0.29, 0.717) is 13.0 Å². The lowest BCUT2D eigenvalue weighted by Crippen LogP contribution is -2.44. The molecular formula is C14H17NO4. The molecule has 1 aliphatic heterocycles. The van der Waals surface area contributed by atoms with Gasteiger partial charge in [0, 0.05) is 13.0 Å². The average Bonchev–Trinajstić information content (AvgIpc) is 2.67. The van der Waals surface area contributed by atoms with Gasteiger partial charge in [0.25, 0.3) is 0 Å². The quantitative estimate of drug-likeness (QED) is 0.884. The van der Waals surface area contributed by atoms with Crippen LogP contribution >= 0.6 is 0 Å². The summed E-state index contributed by atoms with van der Waals surface area (Å²) >= 11 is 0. The highest BCUT2D eigenvalue weighted by Gasteiger charge is 2.43. The number of carboxylic acids is 1. The molecule has 5 heteroatoms. The number of aliphatic carboxylic acids is 1. The van der Waals surface area contributed by atoms with E-state index in [9.17, 15) is 9.59 Å². The van der Waals surface area contributed by atoms with Crippen molar-refractivity contribution in [1.29, 1.82) is 0 Å². The Morgan fingerprint density at radius 3 is 2.74 bits per heavy atom. The molecule has 1 aliphatic rings. The molecule has 1 unspecified atom stereocenters. The van der Waals surface area contributed by atoms with Crippen LogP contribution in [0.3, 0.4) is 0 Å². The molecule has 1 atom stereocenters. The zero-order chi connectivity index (χ0) is 13.9. The van der Waals surface area contributed by atoms with E-state index in [1.807, 2.05) is 37.3 Å². The van der Waals surface area contributed by atoms with Crippen molar-refractivity contribution in [3.8, 4) is 0 Å². The third-order valence-electron chi connectivity index (χ3n) is 3.44. The Bertz CT molecular complexity index is 474. The number of carbonyl (C=O) groups excluding carboxylic acids is 1. The topological polar surface area (TPSA) is 66.8 Å². The summed E-state index contributed by atoms with van der Waals surface area (Å²) in [5, 5.41) is 8.79. The van der Waals surface area contributed by atoms with Crippen molar-refractivity contribution in [2.24, 2.45) is 0 Å². The van der Waals surface area contributed by atoms with Crippen molar-refractivity contribution in [2.75, 3.05) is 6.61 Å². The SMILES string of the molecule is CC1(CCC(=O)O)COC(=O)N1Cc1ccccc1. The van der Waals surface area contributed by atoms with E-state index >= 15 is 0 Å². The Hall–Kier alpha value is -2.04. The van der Waals surface area contributed by atoms with Crippen LogP contribution in [0.5, 0.6) is 0 Å². The van der Waals surface area contributed by atoms with Gasteiger partial charge in [-0.15, -0.1) is 0 Å². The zero-order valence-corrected chi connectivity index (χ0v) is 10.8. The van der Waals surface area contributed by atoms with Crippen LogP contribution < -0.4 is 0 Å². The minimum atomic E-state index is -0.861. The molecule has 1 saturated heterocycles. The van der Waals surface area contributed by atoms with E-state index in [2.05, 4.69) is 0 Å². The van der Waals surface area contributed by atoms with Gasteiger partial charge in [-0.25, -0.2) is 4.79 Å². The first kappa shape index (κ1) is 13.4. The second kappa shape index (κ2) is 5.30. The van der Waals surface area contributed by atoms with E-state index in [4.69, 9.17) is 9.84 Å². The largest absolute Gasteiger partial charge is 0.481 e. The molecule has 102 valence electrons. The average molecular weight is 263 g/mol. The Morgan fingerprint density at radius 2 is 2.11 bits per heavy atom. The van der Waals surface area contributed by atoms with E-state index < -0.39 is 11.5 Å². The minimum absolute atomic E-state index is 0.0262. The standard InChI is InChI=1S/C14H17NO4/c1-14(8-7-12(16)17)10-19-13(18)15(14)9-11-5-3-2-4-6-11/h2-6H,7-10H2,1H3,(H,16,17). The molecule has 0 saturated carbocycles. The van der Waals surface area contributed by atoms with Crippen molar-refractivity contribution in [2.45, 2.75) is 31.8 Å². The molecule has 0 radical (unpaired) electrons. The van der Waals surface area contributed by atoms with Crippen molar-refractivity contribution >= 4 is 12.1 Å². The normalized spacial score (nSPS) is 22.4. The van der Waals surface area contributed by atoms with Crippen LogP contribution in [0, 0.1) is 0 Å². The van der Waals surface area contributed by atoms with Crippen molar-refractivity contribution in [1.82, 2.24) is 4.90 Å². The van der Waals surface area contributed by atoms with E-state index in [-0.39, 0.29) is 19.1 Å². The molecule has 19 heavy (non-hydrogen) atoms. The monoisotopic (exact) mass is 263 g/mol. The second-order valence-corrected chi connectivity index (χ2v) is 5.02. The van der Waals surface area contributed by atoms with E-state index in [1.54, 1.807) is 4.90 Å². The van der Waals surface area contributed by atoms with E-state index in [1.165, 1.54) is 0 Å². The lowest BCUT2D eigenvalue weighted by Gasteiger charge is -2.31. The summed E-state index contributed by atoms with van der Waals surface area (Å²) in [6.07, 6.45) is 0.0380. The first-order valence-electron chi connectivity index (χ1n) is 6.21. The fourth-order valence-corrected chi connectivity index (χ4v) is 2.20. The smallest absolute Gasteiger partial charge is 0.410 e. The van der Waals surface area contributed by atoms with Gasteiger partial charge < -0.3 is 9.84 Å². The summed E-state index contributed by atoms with van der Waals surface area (Å²) in [6, 6.07) is 9.60. The maximum Gasteiger partial charge on any atom is 0.410 e. The molecule has 1 aromatic carbocycles. The Labute approximate surface area is 111 Å². The number of hydrogen-bond acceptors (Lipinski definition) is 3. The minimum Gasteiger partial charge on any atom is -0.481 e. The molecular weight excluding hydrogens is 246 g/mol. The van der Waals surface area contributed by atoms with Crippen LogP contribution in [0.2, 0.25) is 0 Å². The maximum absolute atomic E-state index is 11.8. The zero-order valence-electron chi connectivity index (χ0n) is 10.8. The number of nitrogens with zero attached hydrogens (tertiary/aromatic N) is 1. The second-order valence-electron chi connectivity index (χ2n) is 5.02. The predicted octanol–water partition coefficient (Wildman–Crippen LogP) is 2.26. The van der Waals surface area contributed by atoms with Crippen LogP contribution in [-0.2, 0) is 16.1 Å². The molecule has 0 bridgehead atoms. The summed E-state index contributed by atoms with van der Waals surface area (Å²) < 4.78 is 5.08. The van der Waals surface area contributed by atoms with Gasteiger partial charge in [-0.3, -0.25) is 9.69 Å². The Balaban J connectivity index is 2.11. The number of rotatable bonds is 5. The molecule has 0 spiro atoms. The molecule has 2 rings (SSSR count). The van der Waals surface area contributed by atoms with Gasteiger partial charge in [0.2, 0.25) is 0 Å². The molecule has 1 amide bonds. The highest BCUT2D eigenvalue weighted by molar-refractivity contribution is 5.72. The maximum atomic E-state index is 11.8. The number of ether oxygens (including phenoxy) is 1. The molecule has 0 aliphatic carbocycles. The first-order valence-corrected chi connectivity index (χ1v) is 6.21. The van der Waals surface area contributed by atoms with Crippen LogP contribution in [0.15, 0.2) is 30.3 Å². The predicted molar refractivity (Wildman–Crippen MR) is 68.6 cm³/mol. The number of benzene rings is 1. The van der Waals surface area contributed by atoms with Crippen molar-refractivity contribution in [3.05, 3.63) is 35.9 Å². The summed E-state index contributed by atoms with van der Waals surface area (Å²) in [7, 11) is 0. The van der Waals surface area contributed by atoms with Crippen LogP contribution in [-0.4, -0.2) is 34.2 Å². The summed E-state index contributed by atoms with van der Waals surface area (Å²) in [4.78, 5) is 24.1.